The van der Waals surface area contributed by atoms with Crippen LogP contribution in [0.5, 0.6) is 0 Å². The van der Waals surface area contributed by atoms with Crippen molar-refractivity contribution in [2.45, 2.75) is 17.9 Å². The molecule has 0 aliphatic carbocycles. The van der Waals surface area contributed by atoms with E-state index in [1.165, 1.54) is 12.4 Å². The highest BCUT2D eigenvalue weighted by molar-refractivity contribution is 9.10. The normalized spacial score (nSPS) is 13.0. The van der Waals surface area contributed by atoms with Crippen LogP contribution in [0.2, 0.25) is 0 Å². The summed E-state index contributed by atoms with van der Waals surface area (Å²) in [5, 5.41) is 9.37. The minimum atomic E-state index is -3.73. The van der Waals surface area contributed by atoms with E-state index >= 15 is 0 Å². The van der Waals surface area contributed by atoms with E-state index in [4.69, 9.17) is 5.14 Å². The number of halogens is 1. The second-order valence-corrected chi connectivity index (χ2v) is 7.84. The highest BCUT2D eigenvalue weighted by Crippen LogP contribution is 2.27. The van der Waals surface area contributed by atoms with Crippen LogP contribution in [0, 0.1) is 0 Å². The predicted octanol–water partition coefficient (Wildman–Crippen LogP) is 3.21. The van der Waals surface area contributed by atoms with Gasteiger partial charge in [-0.3, -0.25) is 0 Å². The van der Waals surface area contributed by atoms with Crippen molar-refractivity contribution in [3.8, 4) is 0 Å². The number of nitrogens with two attached hydrogens (primary N) is 1. The monoisotopic (exact) mass is 406 g/mol. The van der Waals surface area contributed by atoms with Gasteiger partial charge in [-0.25, -0.2) is 23.5 Å². The largest absolute Gasteiger partial charge is 0.363 e. The fraction of sp³-hybridized carbons (Fsp3) is 0.125. The highest BCUT2D eigenvalue weighted by Gasteiger charge is 2.13. The molecule has 0 fully saturated rings. The van der Waals surface area contributed by atoms with E-state index < -0.39 is 10.0 Å². The van der Waals surface area contributed by atoms with E-state index in [1.807, 2.05) is 31.2 Å². The second kappa shape index (κ2) is 6.46. The average Bonchev–Trinajstić information content (AvgIpc) is 2.55. The van der Waals surface area contributed by atoms with Gasteiger partial charge in [0.05, 0.1) is 16.5 Å². The molecule has 0 spiro atoms. The van der Waals surface area contributed by atoms with E-state index in [0.29, 0.717) is 5.82 Å². The zero-order valence-electron chi connectivity index (χ0n) is 12.8. The molecular formula is C16H15BrN4O2S. The number of hydrogen-bond acceptors (Lipinski definition) is 5. The predicted molar refractivity (Wildman–Crippen MR) is 97.1 cm³/mol. The molecule has 124 valence electrons. The van der Waals surface area contributed by atoms with Crippen LogP contribution in [0.25, 0.3) is 10.9 Å². The van der Waals surface area contributed by atoms with Gasteiger partial charge in [-0.05, 0) is 42.8 Å². The minimum absolute atomic E-state index is 0.0870. The zero-order valence-corrected chi connectivity index (χ0v) is 15.2. The lowest BCUT2D eigenvalue weighted by molar-refractivity contribution is 0.597. The summed E-state index contributed by atoms with van der Waals surface area (Å²) in [5.74, 6) is 0.676. The Hall–Kier alpha value is -2.03. The first kappa shape index (κ1) is 16.8. The lowest BCUT2D eigenvalue weighted by Crippen LogP contribution is -2.14. The maximum atomic E-state index is 11.5. The van der Waals surface area contributed by atoms with Gasteiger partial charge < -0.3 is 5.32 Å². The number of aromatic nitrogens is 2. The first-order valence-corrected chi connectivity index (χ1v) is 9.48. The second-order valence-electron chi connectivity index (χ2n) is 5.37. The van der Waals surface area contributed by atoms with Gasteiger partial charge in [-0.1, -0.05) is 28.1 Å². The molecule has 6 nitrogen and oxygen atoms in total. The molecule has 0 radical (unpaired) electrons. The molecule has 3 N–H and O–H groups in total. The van der Waals surface area contributed by atoms with Crippen molar-refractivity contribution >= 4 is 42.7 Å². The Morgan fingerprint density at radius 3 is 2.71 bits per heavy atom. The number of benzene rings is 2. The summed E-state index contributed by atoms with van der Waals surface area (Å²) in [6.07, 6.45) is 1.49. The summed E-state index contributed by atoms with van der Waals surface area (Å²) in [7, 11) is -3.73. The molecule has 1 heterocycles. The molecule has 2 aromatic carbocycles. The summed E-state index contributed by atoms with van der Waals surface area (Å²) < 4.78 is 23.9. The number of sulfonamides is 1. The minimum Gasteiger partial charge on any atom is -0.363 e. The Labute approximate surface area is 148 Å². The van der Waals surface area contributed by atoms with E-state index in [-0.39, 0.29) is 10.9 Å². The third-order valence-corrected chi connectivity index (χ3v) is 5.04. The van der Waals surface area contributed by atoms with Crippen molar-refractivity contribution < 1.29 is 8.42 Å². The first-order valence-electron chi connectivity index (χ1n) is 7.14. The third kappa shape index (κ3) is 3.55. The quantitative estimate of drug-likeness (QED) is 0.692. The Morgan fingerprint density at radius 2 is 1.96 bits per heavy atom. The van der Waals surface area contributed by atoms with Gasteiger partial charge in [-0.15, -0.1) is 0 Å². The van der Waals surface area contributed by atoms with Gasteiger partial charge >= 0.3 is 0 Å². The number of rotatable bonds is 4. The van der Waals surface area contributed by atoms with Gasteiger partial charge in [0.15, 0.2) is 0 Å². The summed E-state index contributed by atoms with van der Waals surface area (Å²) in [5.41, 5.74) is 1.62. The highest BCUT2D eigenvalue weighted by atomic mass is 79.9. The molecule has 3 rings (SSSR count). The van der Waals surface area contributed by atoms with Crippen molar-refractivity contribution in [2.24, 2.45) is 5.14 Å². The van der Waals surface area contributed by atoms with Gasteiger partial charge in [-0.2, -0.15) is 0 Å². The van der Waals surface area contributed by atoms with E-state index in [2.05, 4.69) is 31.2 Å². The van der Waals surface area contributed by atoms with Crippen molar-refractivity contribution in [2.75, 3.05) is 5.32 Å². The first-order chi connectivity index (χ1) is 11.3. The van der Waals surface area contributed by atoms with Crippen LogP contribution in [0.15, 0.2) is 58.2 Å². The van der Waals surface area contributed by atoms with Crippen molar-refractivity contribution in [3.63, 3.8) is 0 Å². The topological polar surface area (TPSA) is 98.0 Å². The van der Waals surface area contributed by atoms with Crippen LogP contribution in [0.1, 0.15) is 18.5 Å². The Kier molecular flexibility index (Phi) is 4.53. The average molecular weight is 407 g/mol. The molecule has 1 unspecified atom stereocenters. The molecule has 0 saturated carbocycles. The number of hydrogen-bond donors (Lipinski definition) is 2. The fourth-order valence-electron chi connectivity index (χ4n) is 2.39. The van der Waals surface area contributed by atoms with Crippen LogP contribution in [-0.2, 0) is 10.0 Å². The zero-order chi connectivity index (χ0) is 17.3. The molecule has 0 saturated heterocycles. The molecule has 1 atom stereocenters. The van der Waals surface area contributed by atoms with E-state index in [1.54, 1.807) is 12.1 Å². The number of nitrogens with one attached hydrogen (secondary N) is 1. The number of fused-ring (bicyclic) bond motifs is 1. The van der Waals surface area contributed by atoms with Gasteiger partial charge in [0.1, 0.15) is 12.1 Å². The summed E-state index contributed by atoms with van der Waals surface area (Å²) in [6, 6.07) is 12.1. The molecule has 0 amide bonds. The third-order valence-electron chi connectivity index (χ3n) is 3.64. The molecule has 24 heavy (non-hydrogen) atoms. The van der Waals surface area contributed by atoms with Crippen LogP contribution in [0.3, 0.4) is 0 Å². The molecule has 3 aromatic rings. The maximum Gasteiger partial charge on any atom is 0.238 e. The van der Waals surface area contributed by atoms with E-state index in [0.717, 1.165) is 20.9 Å². The van der Waals surface area contributed by atoms with Crippen LogP contribution in [-0.4, -0.2) is 18.4 Å². The van der Waals surface area contributed by atoms with Gasteiger partial charge in [0, 0.05) is 9.86 Å². The Bertz CT molecular complexity index is 1010. The number of primary sulfonamides is 1. The van der Waals surface area contributed by atoms with Crippen LogP contribution < -0.4 is 10.5 Å². The number of anilines is 1. The summed E-state index contributed by atoms with van der Waals surface area (Å²) >= 11 is 3.45. The van der Waals surface area contributed by atoms with Crippen LogP contribution >= 0.6 is 15.9 Å². The molecule has 0 bridgehead atoms. The van der Waals surface area contributed by atoms with Gasteiger partial charge in [0.2, 0.25) is 10.0 Å². The van der Waals surface area contributed by atoms with E-state index in [9.17, 15) is 8.42 Å². The molecule has 0 aliphatic rings. The van der Waals surface area contributed by atoms with Crippen molar-refractivity contribution in [1.82, 2.24) is 9.97 Å². The Balaban J connectivity index is 1.96. The SMILES string of the molecule is CC(Nc1ncnc2ccc(Br)cc12)c1cccc(S(N)(=O)=O)c1. The lowest BCUT2D eigenvalue weighted by Gasteiger charge is -2.17. The fourth-order valence-corrected chi connectivity index (χ4v) is 3.32. The van der Waals surface area contributed by atoms with Crippen molar-refractivity contribution in [1.29, 1.82) is 0 Å². The number of nitrogens with zero attached hydrogens (tertiary/aromatic N) is 2. The lowest BCUT2D eigenvalue weighted by atomic mass is 10.1. The standard InChI is InChI=1S/C16H15BrN4O2S/c1-10(11-3-2-4-13(7-11)24(18,22)23)21-16-14-8-12(17)5-6-15(14)19-9-20-16/h2-10H,1H3,(H2,18,22,23)(H,19,20,21). The Morgan fingerprint density at radius 1 is 1.17 bits per heavy atom. The summed E-state index contributed by atoms with van der Waals surface area (Å²) in [6.45, 7) is 1.92. The van der Waals surface area contributed by atoms with Crippen molar-refractivity contribution in [3.05, 3.63) is 58.8 Å². The molecule has 8 heteroatoms. The molecule has 0 aliphatic heterocycles. The molecular weight excluding hydrogens is 392 g/mol. The molecule has 1 aromatic heterocycles. The van der Waals surface area contributed by atoms with Gasteiger partial charge in [0.25, 0.3) is 0 Å². The smallest absolute Gasteiger partial charge is 0.238 e. The maximum absolute atomic E-state index is 11.5. The van der Waals surface area contributed by atoms with Crippen LogP contribution in [0.4, 0.5) is 5.82 Å². The summed E-state index contributed by atoms with van der Waals surface area (Å²) in [4.78, 5) is 8.63.